The molecule has 1 saturated heterocycles. The Morgan fingerprint density at radius 2 is 1.96 bits per heavy atom. The fourth-order valence-corrected chi connectivity index (χ4v) is 2.80. The van der Waals surface area contributed by atoms with Gasteiger partial charge in [0, 0.05) is 38.8 Å². The molecule has 1 N–H and O–H groups in total. The van der Waals surface area contributed by atoms with E-state index in [0.717, 1.165) is 38.2 Å². The molecule has 1 unspecified atom stereocenters. The van der Waals surface area contributed by atoms with E-state index < -0.39 is 0 Å². The van der Waals surface area contributed by atoms with Gasteiger partial charge in [0.2, 0.25) is 5.91 Å². The zero-order valence-corrected chi connectivity index (χ0v) is 14.8. The van der Waals surface area contributed by atoms with E-state index in [9.17, 15) is 9.18 Å². The lowest BCUT2D eigenvalue weighted by molar-refractivity contribution is -0.123. The van der Waals surface area contributed by atoms with Crippen molar-refractivity contribution in [3.05, 3.63) is 29.6 Å². The number of hydrogen-bond donors (Lipinski definition) is 1. The normalized spacial score (nSPS) is 17.5. The number of rotatable bonds is 7. The molecule has 0 aromatic heterocycles. The van der Waals surface area contributed by atoms with E-state index in [-0.39, 0.29) is 23.5 Å². The van der Waals surface area contributed by atoms with E-state index >= 15 is 0 Å². The molecule has 1 fully saturated rings. The van der Waals surface area contributed by atoms with Crippen molar-refractivity contribution in [1.29, 1.82) is 0 Å². The first-order valence-corrected chi connectivity index (χ1v) is 8.58. The SMILES string of the molecule is CCC(C)NC(=O)CN1CCN(Cc2ccc(OC)c(F)c2)CC1. The molecule has 1 aliphatic heterocycles. The van der Waals surface area contributed by atoms with E-state index in [4.69, 9.17) is 4.74 Å². The van der Waals surface area contributed by atoms with Gasteiger partial charge in [-0.2, -0.15) is 0 Å². The van der Waals surface area contributed by atoms with Crippen LogP contribution in [0.15, 0.2) is 18.2 Å². The number of hydrogen-bond acceptors (Lipinski definition) is 4. The van der Waals surface area contributed by atoms with Gasteiger partial charge < -0.3 is 10.1 Å². The highest BCUT2D eigenvalue weighted by molar-refractivity contribution is 5.78. The molecule has 2 rings (SSSR count). The van der Waals surface area contributed by atoms with Crippen LogP contribution < -0.4 is 10.1 Å². The van der Waals surface area contributed by atoms with Gasteiger partial charge in [-0.15, -0.1) is 0 Å². The fourth-order valence-electron chi connectivity index (χ4n) is 2.80. The molecule has 134 valence electrons. The fraction of sp³-hybridized carbons (Fsp3) is 0.611. The van der Waals surface area contributed by atoms with Crippen molar-refractivity contribution in [1.82, 2.24) is 15.1 Å². The molecular weight excluding hydrogens is 309 g/mol. The maximum Gasteiger partial charge on any atom is 0.234 e. The van der Waals surface area contributed by atoms with E-state index in [1.807, 2.05) is 13.0 Å². The van der Waals surface area contributed by atoms with E-state index in [2.05, 4.69) is 22.0 Å². The second kappa shape index (κ2) is 8.99. The van der Waals surface area contributed by atoms with Gasteiger partial charge in [0.1, 0.15) is 0 Å². The Labute approximate surface area is 143 Å². The molecular formula is C18H28FN3O2. The Bertz CT molecular complexity index is 545. The minimum absolute atomic E-state index is 0.0926. The number of halogens is 1. The summed E-state index contributed by atoms with van der Waals surface area (Å²) < 4.78 is 18.7. The lowest BCUT2D eigenvalue weighted by atomic mass is 10.2. The Morgan fingerprint density at radius 3 is 2.54 bits per heavy atom. The molecule has 6 heteroatoms. The van der Waals surface area contributed by atoms with Gasteiger partial charge in [-0.25, -0.2) is 4.39 Å². The molecule has 0 saturated carbocycles. The summed E-state index contributed by atoms with van der Waals surface area (Å²) in [4.78, 5) is 16.4. The van der Waals surface area contributed by atoms with Crippen LogP contribution in [0.4, 0.5) is 4.39 Å². The number of ether oxygens (including phenoxy) is 1. The van der Waals surface area contributed by atoms with Crippen LogP contribution in [0.25, 0.3) is 0 Å². The highest BCUT2D eigenvalue weighted by Crippen LogP contribution is 2.19. The Hall–Kier alpha value is -1.66. The van der Waals surface area contributed by atoms with E-state index in [0.29, 0.717) is 13.1 Å². The summed E-state index contributed by atoms with van der Waals surface area (Å²) >= 11 is 0. The van der Waals surface area contributed by atoms with Crippen LogP contribution in [0.1, 0.15) is 25.8 Å². The van der Waals surface area contributed by atoms with Gasteiger partial charge in [-0.05, 0) is 31.0 Å². The van der Waals surface area contributed by atoms with Crippen molar-refractivity contribution in [2.24, 2.45) is 0 Å². The molecule has 1 aromatic carbocycles. The summed E-state index contributed by atoms with van der Waals surface area (Å²) in [6.45, 7) is 8.71. The summed E-state index contributed by atoms with van der Waals surface area (Å²) in [6, 6.07) is 5.32. The Balaban J connectivity index is 1.76. The van der Waals surface area contributed by atoms with Gasteiger partial charge in [-0.1, -0.05) is 13.0 Å². The summed E-state index contributed by atoms with van der Waals surface area (Å²) in [6.07, 6.45) is 0.942. The molecule has 0 spiro atoms. The average Bonchev–Trinajstić information content (AvgIpc) is 2.56. The third kappa shape index (κ3) is 5.46. The monoisotopic (exact) mass is 337 g/mol. The van der Waals surface area contributed by atoms with Crippen LogP contribution in [-0.4, -0.2) is 61.6 Å². The van der Waals surface area contributed by atoms with Crippen LogP contribution in [-0.2, 0) is 11.3 Å². The first-order valence-electron chi connectivity index (χ1n) is 8.58. The predicted molar refractivity (Wildman–Crippen MR) is 92.6 cm³/mol. The van der Waals surface area contributed by atoms with Crippen molar-refractivity contribution >= 4 is 5.91 Å². The zero-order chi connectivity index (χ0) is 17.5. The van der Waals surface area contributed by atoms with Crippen LogP contribution >= 0.6 is 0 Å². The number of benzene rings is 1. The molecule has 0 bridgehead atoms. The number of nitrogens with one attached hydrogen (secondary N) is 1. The molecule has 1 heterocycles. The molecule has 1 aromatic rings. The Kier molecular flexibility index (Phi) is 6.99. The number of carbonyl (C=O) groups excluding carboxylic acids is 1. The third-order valence-corrected chi connectivity index (χ3v) is 4.47. The number of carbonyl (C=O) groups is 1. The molecule has 0 radical (unpaired) electrons. The lowest BCUT2D eigenvalue weighted by Crippen LogP contribution is -2.49. The van der Waals surface area contributed by atoms with Crippen LogP contribution in [0, 0.1) is 5.82 Å². The summed E-state index contributed by atoms with van der Waals surface area (Å²) in [5.74, 6) is 0.0428. The maximum atomic E-state index is 13.7. The van der Waals surface area contributed by atoms with Gasteiger partial charge >= 0.3 is 0 Å². The van der Waals surface area contributed by atoms with Gasteiger partial charge in [0.15, 0.2) is 11.6 Å². The molecule has 1 atom stereocenters. The quantitative estimate of drug-likeness (QED) is 0.825. The zero-order valence-electron chi connectivity index (χ0n) is 14.8. The molecule has 1 aliphatic rings. The van der Waals surface area contributed by atoms with Gasteiger partial charge in [0.25, 0.3) is 0 Å². The van der Waals surface area contributed by atoms with Crippen molar-refractivity contribution in [3.8, 4) is 5.75 Å². The third-order valence-electron chi connectivity index (χ3n) is 4.47. The Morgan fingerprint density at radius 1 is 1.29 bits per heavy atom. The first-order chi connectivity index (χ1) is 11.5. The maximum absolute atomic E-state index is 13.7. The molecule has 1 amide bonds. The number of nitrogens with zero attached hydrogens (tertiary/aromatic N) is 2. The topological polar surface area (TPSA) is 44.8 Å². The van der Waals surface area contributed by atoms with Crippen molar-refractivity contribution < 1.29 is 13.9 Å². The van der Waals surface area contributed by atoms with Crippen molar-refractivity contribution in [2.45, 2.75) is 32.9 Å². The van der Waals surface area contributed by atoms with Gasteiger partial charge in [-0.3, -0.25) is 14.6 Å². The predicted octanol–water partition coefficient (Wildman–Crippen LogP) is 1.87. The van der Waals surface area contributed by atoms with E-state index in [1.54, 1.807) is 6.07 Å². The lowest BCUT2D eigenvalue weighted by Gasteiger charge is -2.34. The van der Waals surface area contributed by atoms with E-state index in [1.165, 1.54) is 13.2 Å². The second-order valence-corrected chi connectivity index (χ2v) is 6.40. The standard InChI is InChI=1S/C18H28FN3O2/c1-4-14(2)20-18(23)13-22-9-7-21(8-10-22)12-15-5-6-17(24-3)16(19)11-15/h5-6,11,14H,4,7-10,12-13H2,1-3H3,(H,20,23). The van der Waals surface area contributed by atoms with Crippen molar-refractivity contribution in [2.75, 3.05) is 39.8 Å². The summed E-state index contributed by atoms with van der Waals surface area (Å²) in [5.41, 5.74) is 0.941. The largest absolute Gasteiger partial charge is 0.494 e. The van der Waals surface area contributed by atoms with Crippen LogP contribution in [0.2, 0.25) is 0 Å². The molecule has 24 heavy (non-hydrogen) atoms. The van der Waals surface area contributed by atoms with Crippen molar-refractivity contribution in [3.63, 3.8) is 0 Å². The minimum Gasteiger partial charge on any atom is -0.494 e. The summed E-state index contributed by atoms with van der Waals surface area (Å²) in [7, 11) is 1.47. The second-order valence-electron chi connectivity index (χ2n) is 6.40. The number of methoxy groups -OCH3 is 1. The van der Waals surface area contributed by atoms with Crippen LogP contribution in [0.3, 0.4) is 0 Å². The van der Waals surface area contributed by atoms with Gasteiger partial charge in [0.05, 0.1) is 13.7 Å². The minimum atomic E-state index is -0.324. The highest BCUT2D eigenvalue weighted by Gasteiger charge is 2.19. The highest BCUT2D eigenvalue weighted by atomic mass is 19.1. The summed E-state index contributed by atoms with van der Waals surface area (Å²) in [5, 5.41) is 3.00. The molecule has 5 nitrogen and oxygen atoms in total. The number of piperazine rings is 1. The first kappa shape index (κ1) is 18.7. The molecule has 0 aliphatic carbocycles. The average molecular weight is 337 g/mol. The smallest absolute Gasteiger partial charge is 0.234 e. The van der Waals surface area contributed by atoms with Crippen LogP contribution in [0.5, 0.6) is 5.75 Å². The number of amides is 1.